The maximum Gasteiger partial charge on any atom is 0.304 e. The van der Waals surface area contributed by atoms with Crippen LogP contribution in [0, 0.1) is 0 Å². The lowest BCUT2D eigenvalue weighted by atomic mass is 9.76. The first-order chi connectivity index (χ1) is 28.5. The number of nitrogens with two attached hydrogens (primary N) is 1. The number of benzene rings is 7. The molecular formula is C52H44N4O2. The fourth-order valence-electron chi connectivity index (χ4n) is 8.22. The number of rotatable bonds is 14. The van der Waals surface area contributed by atoms with Crippen molar-refractivity contribution in [2.75, 3.05) is 16.4 Å². The number of carboxylic acid groups (broad SMARTS) is 1. The Bertz CT molecular complexity index is 2360. The van der Waals surface area contributed by atoms with Crippen LogP contribution in [-0.4, -0.2) is 16.1 Å². The topological polar surface area (TPSA) is 100 Å². The molecule has 1 atom stereocenters. The van der Waals surface area contributed by atoms with Gasteiger partial charge in [-0.15, -0.1) is 0 Å². The van der Waals surface area contributed by atoms with Gasteiger partial charge in [-0.3, -0.25) is 4.79 Å². The van der Waals surface area contributed by atoms with Crippen LogP contribution in [-0.2, 0) is 15.9 Å². The Morgan fingerprint density at radius 1 is 0.500 bits per heavy atom. The molecule has 284 valence electrons. The molecule has 58 heavy (non-hydrogen) atoms. The minimum atomic E-state index is -0.967. The van der Waals surface area contributed by atoms with Crippen LogP contribution in [0.3, 0.4) is 0 Å². The van der Waals surface area contributed by atoms with Gasteiger partial charge in [-0.2, -0.15) is 0 Å². The lowest BCUT2D eigenvalue weighted by Gasteiger charge is -2.39. The first-order valence-electron chi connectivity index (χ1n) is 19.5. The van der Waals surface area contributed by atoms with Gasteiger partial charge in [0.15, 0.2) is 5.82 Å². The number of carboxylic acids is 1. The van der Waals surface area contributed by atoms with Gasteiger partial charge in [-0.05, 0) is 50.6 Å². The predicted octanol–water partition coefficient (Wildman–Crippen LogP) is 11.1. The zero-order valence-corrected chi connectivity index (χ0v) is 31.9. The normalized spacial score (nSPS) is 12.0. The molecule has 0 spiro atoms. The highest BCUT2D eigenvalue weighted by molar-refractivity contribution is 5.77. The third kappa shape index (κ3) is 7.31. The summed E-state index contributed by atoms with van der Waals surface area (Å²) in [4.78, 5) is 18.1. The summed E-state index contributed by atoms with van der Waals surface area (Å²) >= 11 is 0. The van der Waals surface area contributed by atoms with Crippen molar-refractivity contribution in [3.63, 3.8) is 0 Å². The number of aromatic nitrogens is 1. The summed E-state index contributed by atoms with van der Waals surface area (Å²) in [6, 6.07) is 73.5. The largest absolute Gasteiger partial charge is 0.481 e. The monoisotopic (exact) mass is 756 g/mol. The summed E-state index contributed by atoms with van der Waals surface area (Å²) in [6.45, 7) is 0. The molecule has 1 unspecified atom stereocenters. The fourth-order valence-corrected chi connectivity index (χ4v) is 8.22. The van der Waals surface area contributed by atoms with Crippen LogP contribution in [0.2, 0.25) is 0 Å². The molecule has 1 heterocycles. The van der Waals surface area contributed by atoms with Crippen LogP contribution < -0.4 is 16.4 Å². The van der Waals surface area contributed by atoms with Crippen LogP contribution in [0.25, 0.3) is 0 Å². The van der Waals surface area contributed by atoms with Crippen molar-refractivity contribution in [1.29, 1.82) is 0 Å². The minimum Gasteiger partial charge on any atom is -0.481 e. The van der Waals surface area contributed by atoms with Gasteiger partial charge in [0.25, 0.3) is 0 Å². The number of hydrogen-bond acceptors (Lipinski definition) is 5. The van der Waals surface area contributed by atoms with E-state index in [0.717, 1.165) is 38.9 Å². The average molecular weight is 757 g/mol. The SMILES string of the molecule is Nc1c(C(CC(=O)O)c2ccccc2)cc(NC(c2ccccc2)(c2ccccc2)c2ccccc2)nc1NC(c1ccccc1)(c1ccccc1)c1ccccc1. The van der Waals surface area contributed by atoms with E-state index in [0.29, 0.717) is 22.9 Å². The molecule has 8 rings (SSSR count). The van der Waals surface area contributed by atoms with Crippen molar-refractivity contribution in [2.45, 2.75) is 23.4 Å². The highest BCUT2D eigenvalue weighted by Gasteiger charge is 2.40. The van der Waals surface area contributed by atoms with Gasteiger partial charge in [0.1, 0.15) is 16.9 Å². The van der Waals surface area contributed by atoms with Crippen molar-refractivity contribution in [3.8, 4) is 0 Å². The van der Waals surface area contributed by atoms with Crippen molar-refractivity contribution >= 4 is 23.3 Å². The van der Waals surface area contributed by atoms with E-state index in [9.17, 15) is 9.90 Å². The van der Waals surface area contributed by atoms with Crippen LogP contribution in [0.5, 0.6) is 0 Å². The lowest BCUT2D eigenvalue weighted by molar-refractivity contribution is -0.137. The second kappa shape index (κ2) is 16.7. The summed E-state index contributed by atoms with van der Waals surface area (Å²) in [5.41, 5.74) is 13.2. The molecular weight excluding hydrogens is 713 g/mol. The molecule has 5 N–H and O–H groups in total. The number of nitrogen functional groups attached to an aromatic ring is 1. The van der Waals surface area contributed by atoms with Crippen LogP contribution >= 0.6 is 0 Å². The van der Waals surface area contributed by atoms with E-state index >= 15 is 0 Å². The quantitative estimate of drug-likeness (QED) is 0.0825. The Balaban J connectivity index is 1.43. The zero-order valence-electron chi connectivity index (χ0n) is 31.9. The third-order valence-electron chi connectivity index (χ3n) is 10.9. The highest BCUT2D eigenvalue weighted by Crippen LogP contribution is 2.46. The van der Waals surface area contributed by atoms with Gasteiger partial charge in [0.05, 0.1) is 12.1 Å². The van der Waals surface area contributed by atoms with Crippen molar-refractivity contribution in [1.82, 2.24) is 4.98 Å². The summed E-state index contributed by atoms with van der Waals surface area (Å²) in [5, 5.41) is 18.3. The first kappa shape index (κ1) is 37.5. The molecule has 6 nitrogen and oxygen atoms in total. The molecule has 1 aromatic heterocycles. The van der Waals surface area contributed by atoms with Gasteiger partial charge < -0.3 is 21.5 Å². The van der Waals surface area contributed by atoms with Crippen LogP contribution in [0.15, 0.2) is 218 Å². The van der Waals surface area contributed by atoms with Crippen molar-refractivity contribution < 1.29 is 9.90 Å². The molecule has 0 radical (unpaired) electrons. The van der Waals surface area contributed by atoms with Crippen LogP contribution in [0.4, 0.5) is 17.3 Å². The molecule has 7 aromatic carbocycles. The maximum atomic E-state index is 12.7. The number of nitrogens with one attached hydrogen (secondary N) is 2. The number of carbonyl (C=O) groups is 1. The number of hydrogen-bond donors (Lipinski definition) is 4. The number of aliphatic carboxylic acids is 1. The molecule has 0 saturated heterocycles. The highest BCUT2D eigenvalue weighted by atomic mass is 16.4. The van der Waals surface area contributed by atoms with Gasteiger partial charge in [0.2, 0.25) is 0 Å². The lowest BCUT2D eigenvalue weighted by Crippen LogP contribution is -2.40. The molecule has 0 aliphatic carbocycles. The van der Waals surface area contributed by atoms with Crippen molar-refractivity contribution in [3.05, 3.63) is 263 Å². The molecule has 0 aliphatic heterocycles. The summed E-state index contributed by atoms with van der Waals surface area (Å²) < 4.78 is 0. The van der Waals surface area contributed by atoms with Gasteiger partial charge >= 0.3 is 5.97 Å². The average Bonchev–Trinajstić information content (AvgIpc) is 3.29. The Labute approximate surface area is 339 Å². The summed E-state index contributed by atoms with van der Waals surface area (Å²) in [6.07, 6.45) is -0.181. The third-order valence-corrected chi connectivity index (χ3v) is 10.9. The molecule has 0 fully saturated rings. The van der Waals surface area contributed by atoms with Gasteiger partial charge in [-0.1, -0.05) is 212 Å². The first-order valence-corrected chi connectivity index (χ1v) is 19.5. The Morgan fingerprint density at radius 3 is 1.14 bits per heavy atom. The number of nitrogens with zero attached hydrogens (tertiary/aromatic N) is 1. The van der Waals surface area contributed by atoms with E-state index in [1.807, 2.05) is 146 Å². The second-order valence-electron chi connectivity index (χ2n) is 14.4. The molecule has 8 aromatic rings. The Hall–Kier alpha value is -7.44. The molecule has 6 heteroatoms. The van der Waals surface area contributed by atoms with E-state index in [1.54, 1.807) is 0 Å². The van der Waals surface area contributed by atoms with E-state index < -0.39 is 23.0 Å². The maximum absolute atomic E-state index is 12.7. The molecule has 0 amide bonds. The Kier molecular flexibility index (Phi) is 10.8. The van der Waals surface area contributed by atoms with Crippen molar-refractivity contribution in [2.24, 2.45) is 0 Å². The second-order valence-corrected chi connectivity index (χ2v) is 14.4. The molecule has 0 bridgehead atoms. The van der Waals surface area contributed by atoms with E-state index in [1.165, 1.54) is 0 Å². The van der Waals surface area contributed by atoms with Gasteiger partial charge in [-0.25, -0.2) is 4.98 Å². The van der Waals surface area contributed by atoms with E-state index in [-0.39, 0.29) is 6.42 Å². The van der Waals surface area contributed by atoms with Gasteiger partial charge in [0, 0.05) is 5.92 Å². The Morgan fingerprint density at radius 2 is 0.810 bits per heavy atom. The van der Waals surface area contributed by atoms with Crippen LogP contribution in [0.1, 0.15) is 56.8 Å². The predicted molar refractivity (Wildman–Crippen MR) is 235 cm³/mol. The smallest absolute Gasteiger partial charge is 0.304 e. The summed E-state index contributed by atoms with van der Waals surface area (Å²) in [5.74, 6) is -0.612. The van der Waals surface area contributed by atoms with E-state index in [4.69, 9.17) is 10.7 Å². The standard InChI is InChI=1S/C52H44N4O2/c53-49-46(45(37-48(57)58)38-22-8-1-9-23-38)36-47(55-51(39-24-10-2-11-25-39,40-26-12-3-13-27-40)41-28-14-4-15-29-41)54-50(49)56-52(42-30-16-5-17-31-42,43-32-18-6-19-33-43)44-34-20-7-21-35-44/h1-36,45H,37,53H2,(H,57,58)(H2,54,55,56). The molecule has 0 aliphatic rings. The number of anilines is 3. The summed E-state index contributed by atoms with van der Waals surface area (Å²) in [7, 11) is 0. The molecule has 0 saturated carbocycles. The number of pyridine rings is 1. The fraction of sp³-hybridized carbons (Fsp3) is 0.0769. The van der Waals surface area contributed by atoms with E-state index in [2.05, 4.69) is 83.4 Å². The zero-order chi connectivity index (χ0) is 39.8. The minimum absolute atomic E-state index is 0.181.